The van der Waals surface area contributed by atoms with Crippen LogP contribution in [0.1, 0.15) is 45.4 Å². The minimum absolute atomic E-state index is 0. The lowest BCUT2D eigenvalue weighted by molar-refractivity contribution is 0.545. The molecule has 5 nitrogen and oxygen atoms in total. The van der Waals surface area contributed by atoms with Gasteiger partial charge < -0.3 is 15.2 Å². The normalized spacial score (nSPS) is 12.8. The first-order valence-electron chi connectivity index (χ1n) is 8.53. The van der Waals surface area contributed by atoms with Gasteiger partial charge in [0, 0.05) is 20.1 Å². The summed E-state index contributed by atoms with van der Waals surface area (Å²) in [4.78, 5) is 8.99. The number of aromatic nitrogens is 2. The zero-order valence-corrected chi connectivity index (χ0v) is 17.5. The largest absolute Gasteiger partial charge is 0.354 e. The average Bonchev–Trinajstić information content (AvgIpc) is 2.88. The second-order valence-electron chi connectivity index (χ2n) is 6.04. The number of nitrogens with one attached hydrogen (secondary N) is 2. The van der Waals surface area contributed by atoms with Gasteiger partial charge in [0.15, 0.2) is 5.96 Å². The van der Waals surface area contributed by atoms with Gasteiger partial charge in [-0.15, -0.1) is 24.0 Å². The van der Waals surface area contributed by atoms with Gasteiger partial charge in [0.2, 0.25) is 0 Å². The molecule has 1 heterocycles. The van der Waals surface area contributed by atoms with E-state index in [0.29, 0.717) is 12.6 Å². The quantitative estimate of drug-likeness (QED) is 0.296. The fourth-order valence-electron chi connectivity index (χ4n) is 2.72. The van der Waals surface area contributed by atoms with Crippen molar-refractivity contribution in [1.29, 1.82) is 0 Å². The highest BCUT2D eigenvalue weighted by Gasteiger charge is 2.09. The molecular weight excluding hydrogens is 413 g/mol. The maximum Gasteiger partial charge on any atom is 0.191 e. The van der Waals surface area contributed by atoms with Gasteiger partial charge >= 0.3 is 0 Å². The molecule has 6 heteroatoms. The lowest BCUT2D eigenvalue weighted by Gasteiger charge is -2.17. The molecule has 24 heavy (non-hydrogen) atoms. The molecule has 1 aromatic carbocycles. The summed E-state index contributed by atoms with van der Waals surface area (Å²) in [5, 5.41) is 6.82. The predicted molar refractivity (Wildman–Crippen MR) is 113 cm³/mol. The number of fused-ring (bicyclic) bond motifs is 1. The van der Waals surface area contributed by atoms with Crippen molar-refractivity contribution in [2.75, 3.05) is 7.05 Å². The maximum absolute atomic E-state index is 4.68. The van der Waals surface area contributed by atoms with Crippen LogP contribution in [0.3, 0.4) is 0 Å². The van der Waals surface area contributed by atoms with E-state index in [9.17, 15) is 0 Å². The first-order valence-corrected chi connectivity index (χ1v) is 8.53. The summed E-state index contributed by atoms with van der Waals surface area (Å²) >= 11 is 0. The molecule has 1 unspecified atom stereocenters. The number of para-hydroxylation sites is 2. The lowest BCUT2D eigenvalue weighted by atomic mass is 10.1. The first-order chi connectivity index (χ1) is 11.2. The van der Waals surface area contributed by atoms with Gasteiger partial charge in [-0.1, -0.05) is 38.3 Å². The van der Waals surface area contributed by atoms with E-state index in [4.69, 9.17) is 0 Å². The molecule has 0 radical (unpaired) electrons. The number of aryl methyl sites for hydroxylation is 1. The molecule has 1 atom stereocenters. The minimum atomic E-state index is 0. The van der Waals surface area contributed by atoms with Gasteiger partial charge in [-0.05, 0) is 25.5 Å². The standard InChI is InChI=1S/C18H29N5.HI/c1-5-6-7-10-14(2)21-18(19-3)20-13-17-22-15-11-8-9-12-16(15)23(17)4;/h8-9,11-12,14H,5-7,10,13H2,1-4H3,(H2,19,20,21);1H. The van der Waals surface area contributed by atoms with E-state index >= 15 is 0 Å². The van der Waals surface area contributed by atoms with Crippen LogP contribution in [0, 0.1) is 0 Å². The zero-order valence-electron chi connectivity index (χ0n) is 15.2. The van der Waals surface area contributed by atoms with Crippen LogP contribution in [-0.2, 0) is 13.6 Å². The van der Waals surface area contributed by atoms with Gasteiger partial charge in [0.1, 0.15) is 5.82 Å². The van der Waals surface area contributed by atoms with Crippen LogP contribution in [0.5, 0.6) is 0 Å². The van der Waals surface area contributed by atoms with Crippen molar-refractivity contribution in [2.45, 2.75) is 52.1 Å². The molecule has 0 bridgehead atoms. The molecule has 2 aromatic rings. The molecule has 0 aliphatic carbocycles. The molecule has 0 aliphatic heterocycles. The van der Waals surface area contributed by atoms with E-state index in [-0.39, 0.29) is 24.0 Å². The number of rotatable bonds is 7. The van der Waals surface area contributed by atoms with E-state index in [1.165, 1.54) is 25.7 Å². The van der Waals surface area contributed by atoms with Crippen molar-refractivity contribution in [1.82, 2.24) is 20.2 Å². The number of unbranched alkanes of at least 4 members (excludes halogenated alkanes) is 2. The highest BCUT2D eigenvalue weighted by molar-refractivity contribution is 14.0. The molecule has 0 fully saturated rings. The molecule has 0 saturated heterocycles. The third-order valence-electron chi connectivity index (χ3n) is 4.14. The summed E-state index contributed by atoms with van der Waals surface area (Å²) < 4.78 is 2.13. The Balaban J connectivity index is 0.00000288. The van der Waals surface area contributed by atoms with Crippen LogP contribution in [-0.4, -0.2) is 28.6 Å². The third kappa shape index (κ3) is 5.65. The first kappa shape index (κ1) is 20.7. The molecule has 0 spiro atoms. The summed E-state index contributed by atoms with van der Waals surface area (Å²) in [6, 6.07) is 8.62. The molecule has 0 saturated carbocycles. The highest BCUT2D eigenvalue weighted by Crippen LogP contribution is 2.13. The number of aliphatic imine (C=N–C) groups is 1. The van der Waals surface area contributed by atoms with Gasteiger partial charge in [0.05, 0.1) is 17.6 Å². The van der Waals surface area contributed by atoms with Crippen molar-refractivity contribution in [3.05, 3.63) is 30.1 Å². The maximum atomic E-state index is 4.68. The van der Waals surface area contributed by atoms with Crippen molar-refractivity contribution in [3.63, 3.8) is 0 Å². The summed E-state index contributed by atoms with van der Waals surface area (Å²) in [5.74, 6) is 1.84. The number of hydrogen-bond donors (Lipinski definition) is 2. The Morgan fingerprint density at radius 3 is 2.71 bits per heavy atom. The fraction of sp³-hybridized carbons (Fsp3) is 0.556. The molecule has 2 rings (SSSR count). The van der Waals surface area contributed by atoms with Crippen LogP contribution >= 0.6 is 24.0 Å². The van der Waals surface area contributed by atoms with Gasteiger partial charge in [-0.3, -0.25) is 4.99 Å². The molecular formula is C18H30IN5. The zero-order chi connectivity index (χ0) is 16.7. The SMILES string of the molecule is CCCCCC(C)NC(=NC)NCc1nc2ccccc2n1C.I. The van der Waals surface area contributed by atoms with E-state index in [1.807, 2.05) is 25.2 Å². The number of nitrogens with zero attached hydrogens (tertiary/aromatic N) is 3. The monoisotopic (exact) mass is 443 g/mol. The number of imidazole rings is 1. The second-order valence-corrected chi connectivity index (χ2v) is 6.04. The fourth-order valence-corrected chi connectivity index (χ4v) is 2.72. The Hall–Kier alpha value is -1.31. The smallest absolute Gasteiger partial charge is 0.191 e. The summed E-state index contributed by atoms with van der Waals surface area (Å²) in [6.07, 6.45) is 4.97. The van der Waals surface area contributed by atoms with E-state index in [0.717, 1.165) is 22.8 Å². The number of hydrogen-bond acceptors (Lipinski definition) is 2. The Bertz CT molecular complexity index is 650. The van der Waals surface area contributed by atoms with Crippen LogP contribution in [0.2, 0.25) is 0 Å². The topological polar surface area (TPSA) is 54.2 Å². The van der Waals surface area contributed by atoms with Gasteiger partial charge in [0.25, 0.3) is 0 Å². The highest BCUT2D eigenvalue weighted by atomic mass is 127. The summed E-state index contributed by atoms with van der Waals surface area (Å²) in [6.45, 7) is 5.10. The van der Waals surface area contributed by atoms with Crippen molar-refractivity contribution in [2.24, 2.45) is 12.0 Å². The average molecular weight is 443 g/mol. The Morgan fingerprint density at radius 2 is 2.04 bits per heavy atom. The van der Waals surface area contributed by atoms with Crippen molar-refractivity contribution in [3.8, 4) is 0 Å². The van der Waals surface area contributed by atoms with Crippen molar-refractivity contribution < 1.29 is 0 Å². The van der Waals surface area contributed by atoms with Crippen LogP contribution in [0.15, 0.2) is 29.3 Å². The summed E-state index contributed by atoms with van der Waals surface area (Å²) in [7, 11) is 3.86. The second kappa shape index (κ2) is 10.5. The lowest BCUT2D eigenvalue weighted by Crippen LogP contribution is -2.42. The predicted octanol–water partition coefficient (Wildman–Crippen LogP) is 3.83. The Kier molecular flexibility index (Phi) is 9.10. The molecule has 0 amide bonds. The molecule has 134 valence electrons. The molecule has 1 aromatic heterocycles. The number of benzene rings is 1. The van der Waals surface area contributed by atoms with Gasteiger partial charge in [-0.2, -0.15) is 0 Å². The van der Waals surface area contributed by atoms with Crippen molar-refractivity contribution >= 4 is 41.0 Å². The molecule has 2 N–H and O–H groups in total. The van der Waals surface area contributed by atoms with E-state index < -0.39 is 0 Å². The van der Waals surface area contributed by atoms with Crippen LogP contribution < -0.4 is 10.6 Å². The Labute approximate surface area is 162 Å². The number of guanidine groups is 1. The third-order valence-corrected chi connectivity index (χ3v) is 4.14. The van der Waals surface area contributed by atoms with Crippen LogP contribution in [0.4, 0.5) is 0 Å². The minimum Gasteiger partial charge on any atom is -0.354 e. The number of halogens is 1. The Morgan fingerprint density at radius 1 is 1.29 bits per heavy atom. The van der Waals surface area contributed by atoms with E-state index in [2.05, 4.69) is 52.1 Å². The molecule has 0 aliphatic rings. The van der Waals surface area contributed by atoms with Gasteiger partial charge in [-0.25, -0.2) is 4.98 Å². The van der Waals surface area contributed by atoms with E-state index in [1.54, 1.807) is 0 Å². The summed E-state index contributed by atoms with van der Waals surface area (Å²) in [5.41, 5.74) is 2.18. The van der Waals surface area contributed by atoms with Crippen LogP contribution in [0.25, 0.3) is 11.0 Å².